The maximum atomic E-state index is 12.7. The monoisotopic (exact) mass is 377 g/mol. The summed E-state index contributed by atoms with van der Waals surface area (Å²) in [6.07, 6.45) is 5.17. The highest BCUT2D eigenvalue weighted by atomic mass is 16.1. The van der Waals surface area contributed by atoms with E-state index in [0.717, 1.165) is 37.1 Å². The fraction of sp³-hybridized carbons (Fsp3) is 0.409. The first-order chi connectivity index (χ1) is 13.6. The zero-order chi connectivity index (χ0) is 19.5. The molecule has 2 N–H and O–H groups in total. The van der Waals surface area contributed by atoms with Crippen molar-refractivity contribution in [3.63, 3.8) is 0 Å². The van der Waals surface area contributed by atoms with Gasteiger partial charge in [0.25, 0.3) is 5.91 Å². The van der Waals surface area contributed by atoms with Gasteiger partial charge < -0.3 is 15.2 Å². The third kappa shape index (κ3) is 4.01. The van der Waals surface area contributed by atoms with Gasteiger partial charge in [0.05, 0.1) is 0 Å². The van der Waals surface area contributed by atoms with E-state index in [1.54, 1.807) is 6.07 Å². The minimum atomic E-state index is -0.142. The highest BCUT2D eigenvalue weighted by molar-refractivity contribution is 5.92. The molecule has 2 aromatic heterocycles. The first-order valence-electron chi connectivity index (χ1n) is 10.0. The Morgan fingerprint density at radius 2 is 2.18 bits per heavy atom. The number of fused-ring (bicyclic) bond motifs is 1. The molecule has 1 atom stereocenters. The molecular weight excluding hydrogens is 350 g/mol. The van der Waals surface area contributed by atoms with Crippen LogP contribution in [0.5, 0.6) is 0 Å². The molecule has 0 saturated carbocycles. The molecule has 1 aliphatic rings. The molecule has 0 bridgehead atoms. The van der Waals surface area contributed by atoms with Crippen molar-refractivity contribution < 1.29 is 4.79 Å². The Kier molecular flexibility index (Phi) is 5.28. The van der Waals surface area contributed by atoms with E-state index in [4.69, 9.17) is 0 Å². The number of anilines is 1. The largest absolute Gasteiger partial charge is 0.361 e. The summed E-state index contributed by atoms with van der Waals surface area (Å²) in [6, 6.07) is 9.97. The van der Waals surface area contributed by atoms with Crippen molar-refractivity contribution in [2.24, 2.45) is 5.92 Å². The number of rotatable bonds is 5. The Labute approximate surface area is 165 Å². The van der Waals surface area contributed by atoms with Crippen LogP contribution < -0.4 is 10.2 Å². The van der Waals surface area contributed by atoms with Gasteiger partial charge in [-0.15, -0.1) is 0 Å². The van der Waals surface area contributed by atoms with Crippen molar-refractivity contribution in [2.75, 3.05) is 24.5 Å². The molecule has 0 radical (unpaired) electrons. The number of hydrogen-bond acceptors (Lipinski definition) is 4. The maximum absolute atomic E-state index is 12.7. The molecule has 6 heteroatoms. The van der Waals surface area contributed by atoms with E-state index < -0.39 is 0 Å². The molecule has 6 nitrogen and oxygen atoms in total. The Hall–Kier alpha value is -2.89. The number of carbonyl (C=O) groups is 1. The molecule has 3 aromatic rings. The van der Waals surface area contributed by atoms with Gasteiger partial charge in [0.15, 0.2) is 0 Å². The summed E-state index contributed by atoms with van der Waals surface area (Å²) in [6.45, 7) is 6.64. The number of benzene rings is 1. The van der Waals surface area contributed by atoms with Crippen molar-refractivity contribution in [3.05, 3.63) is 53.5 Å². The van der Waals surface area contributed by atoms with Crippen LogP contribution in [0.2, 0.25) is 0 Å². The summed E-state index contributed by atoms with van der Waals surface area (Å²) < 4.78 is 0. The Bertz CT molecular complexity index is 980. The third-order valence-electron chi connectivity index (χ3n) is 5.37. The van der Waals surface area contributed by atoms with Crippen molar-refractivity contribution >= 4 is 22.8 Å². The van der Waals surface area contributed by atoms with Crippen molar-refractivity contribution in [3.8, 4) is 0 Å². The predicted molar refractivity (Wildman–Crippen MR) is 112 cm³/mol. The van der Waals surface area contributed by atoms with E-state index in [1.807, 2.05) is 25.3 Å². The van der Waals surface area contributed by atoms with Crippen LogP contribution in [-0.4, -0.2) is 40.5 Å². The molecule has 1 unspecified atom stereocenters. The summed E-state index contributed by atoms with van der Waals surface area (Å²) in [4.78, 5) is 27.2. The molecule has 1 amide bonds. The van der Waals surface area contributed by atoms with Crippen LogP contribution in [0, 0.1) is 12.8 Å². The van der Waals surface area contributed by atoms with E-state index in [0.29, 0.717) is 24.1 Å². The summed E-state index contributed by atoms with van der Waals surface area (Å²) in [7, 11) is 0. The van der Waals surface area contributed by atoms with Gasteiger partial charge in [-0.3, -0.25) is 4.79 Å². The van der Waals surface area contributed by atoms with Crippen LogP contribution in [0.25, 0.3) is 10.9 Å². The fourth-order valence-electron chi connectivity index (χ4n) is 3.92. The molecule has 1 aromatic carbocycles. The zero-order valence-corrected chi connectivity index (χ0v) is 16.5. The van der Waals surface area contributed by atoms with E-state index in [9.17, 15) is 4.79 Å². The highest BCUT2D eigenvalue weighted by Crippen LogP contribution is 2.21. The quantitative estimate of drug-likeness (QED) is 0.714. The number of H-pyrrole nitrogens is 1. The summed E-state index contributed by atoms with van der Waals surface area (Å²) >= 11 is 0. The Morgan fingerprint density at radius 1 is 1.32 bits per heavy atom. The lowest BCUT2D eigenvalue weighted by molar-refractivity contribution is 0.0949. The van der Waals surface area contributed by atoms with Crippen molar-refractivity contribution in [1.29, 1.82) is 0 Å². The lowest BCUT2D eigenvalue weighted by Crippen LogP contribution is -2.36. The minimum Gasteiger partial charge on any atom is -0.361 e. The number of aromatic amines is 1. The second kappa shape index (κ2) is 8.00. The summed E-state index contributed by atoms with van der Waals surface area (Å²) in [5.41, 5.74) is 3.60. The van der Waals surface area contributed by atoms with Gasteiger partial charge in [0.2, 0.25) is 5.95 Å². The van der Waals surface area contributed by atoms with Gasteiger partial charge in [-0.05, 0) is 49.8 Å². The zero-order valence-electron chi connectivity index (χ0n) is 16.5. The lowest BCUT2D eigenvalue weighted by atomic mass is 10.0. The van der Waals surface area contributed by atoms with Gasteiger partial charge in [-0.25, -0.2) is 9.97 Å². The standard InChI is InChI=1S/C22H27N5O/c1-15-6-5-11-27(14-15)22-25-16(2)12-20(26-22)21(28)23-10-9-17-13-24-19-8-4-3-7-18(17)19/h3-4,7-8,12-13,15,24H,5-6,9-11,14H2,1-2H3,(H,23,28). The Morgan fingerprint density at radius 3 is 3.04 bits per heavy atom. The van der Waals surface area contributed by atoms with Crippen LogP contribution in [-0.2, 0) is 6.42 Å². The van der Waals surface area contributed by atoms with Crippen LogP contribution in [0.4, 0.5) is 5.95 Å². The summed E-state index contributed by atoms with van der Waals surface area (Å²) in [5.74, 6) is 1.16. The predicted octanol–water partition coefficient (Wildman–Crippen LogP) is 3.48. The molecule has 1 aliphatic heterocycles. The lowest BCUT2D eigenvalue weighted by Gasteiger charge is -2.31. The first kappa shape index (κ1) is 18.5. The van der Waals surface area contributed by atoms with Gasteiger partial charge in [-0.1, -0.05) is 25.1 Å². The van der Waals surface area contributed by atoms with Crippen LogP contribution in [0.3, 0.4) is 0 Å². The molecular formula is C22H27N5O. The number of aromatic nitrogens is 3. The topological polar surface area (TPSA) is 73.9 Å². The number of para-hydroxylation sites is 1. The Balaban J connectivity index is 1.41. The fourth-order valence-corrected chi connectivity index (χ4v) is 3.92. The third-order valence-corrected chi connectivity index (χ3v) is 5.37. The van der Waals surface area contributed by atoms with Crippen LogP contribution in [0.1, 0.15) is 41.5 Å². The van der Waals surface area contributed by atoms with Gasteiger partial charge >= 0.3 is 0 Å². The molecule has 28 heavy (non-hydrogen) atoms. The second-order valence-corrected chi connectivity index (χ2v) is 7.75. The van der Waals surface area contributed by atoms with Gasteiger partial charge in [0, 0.05) is 42.4 Å². The second-order valence-electron chi connectivity index (χ2n) is 7.75. The SMILES string of the molecule is Cc1cc(C(=O)NCCc2c[nH]c3ccccc23)nc(N2CCCC(C)C2)n1. The van der Waals surface area contributed by atoms with Gasteiger partial charge in [0.1, 0.15) is 5.69 Å². The number of hydrogen-bond donors (Lipinski definition) is 2. The number of piperidine rings is 1. The molecule has 3 heterocycles. The van der Waals surface area contributed by atoms with E-state index in [2.05, 4.69) is 44.2 Å². The molecule has 146 valence electrons. The molecule has 0 spiro atoms. The van der Waals surface area contributed by atoms with E-state index in [1.165, 1.54) is 17.4 Å². The number of amides is 1. The maximum Gasteiger partial charge on any atom is 0.270 e. The number of nitrogens with zero attached hydrogens (tertiary/aromatic N) is 3. The van der Waals surface area contributed by atoms with Crippen LogP contribution in [0.15, 0.2) is 36.5 Å². The normalized spacial score (nSPS) is 17.1. The van der Waals surface area contributed by atoms with Crippen molar-refractivity contribution in [1.82, 2.24) is 20.3 Å². The molecule has 4 rings (SSSR count). The first-order valence-corrected chi connectivity index (χ1v) is 10.0. The highest BCUT2D eigenvalue weighted by Gasteiger charge is 2.20. The average molecular weight is 377 g/mol. The van der Waals surface area contributed by atoms with Gasteiger partial charge in [-0.2, -0.15) is 0 Å². The molecule has 0 aliphatic carbocycles. The smallest absolute Gasteiger partial charge is 0.270 e. The number of carbonyl (C=O) groups excluding carboxylic acids is 1. The molecule has 1 fully saturated rings. The van der Waals surface area contributed by atoms with Crippen LogP contribution >= 0.6 is 0 Å². The van der Waals surface area contributed by atoms with E-state index in [-0.39, 0.29) is 5.91 Å². The summed E-state index contributed by atoms with van der Waals surface area (Å²) in [5, 5.41) is 4.21. The minimum absolute atomic E-state index is 0.142. The van der Waals surface area contributed by atoms with Crippen molar-refractivity contribution in [2.45, 2.75) is 33.1 Å². The number of aryl methyl sites for hydroxylation is 1. The van der Waals surface area contributed by atoms with E-state index >= 15 is 0 Å². The molecule has 1 saturated heterocycles. The average Bonchev–Trinajstić information content (AvgIpc) is 3.11. The number of nitrogens with one attached hydrogen (secondary N) is 2.